The minimum atomic E-state index is 0.371. The lowest BCUT2D eigenvalue weighted by Gasteiger charge is -2.11. The van der Waals surface area contributed by atoms with Gasteiger partial charge in [-0.25, -0.2) is 4.98 Å². The van der Waals surface area contributed by atoms with Crippen LogP contribution < -0.4 is 9.47 Å². The summed E-state index contributed by atoms with van der Waals surface area (Å²) in [5.41, 5.74) is 3.49. The van der Waals surface area contributed by atoms with Crippen molar-refractivity contribution in [3.8, 4) is 22.9 Å². The molecule has 1 aromatic carbocycles. The molecule has 4 aromatic rings. The Morgan fingerprint density at radius 1 is 1.11 bits per heavy atom. The molecule has 4 rings (SSSR count). The van der Waals surface area contributed by atoms with Crippen molar-refractivity contribution >= 4 is 28.9 Å². The zero-order valence-corrected chi connectivity index (χ0v) is 15.7. The van der Waals surface area contributed by atoms with Gasteiger partial charge in [0.1, 0.15) is 12.3 Å². The second-order valence-corrected chi connectivity index (χ2v) is 6.53. The molecule has 0 radical (unpaired) electrons. The lowest BCUT2D eigenvalue weighted by molar-refractivity contribution is 0.112. The highest BCUT2D eigenvalue weighted by Crippen LogP contribution is 2.31. The van der Waals surface area contributed by atoms with Gasteiger partial charge < -0.3 is 14.5 Å². The van der Waals surface area contributed by atoms with Gasteiger partial charge in [-0.05, 0) is 29.8 Å². The third kappa shape index (κ3) is 3.54. The Hall–Kier alpha value is -3.38. The van der Waals surface area contributed by atoms with E-state index in [0.29, 0.717) is 45.7 Å². The zero-order chi connectivity index (χ0) is 19.5. The van der Waals surface area contributed by atoms with Crippen molar-refractivity contribution in [2.24, 2.45) is 0 Å². The first-order valence-electron chi connectivity index (χ1n) is 8.53. The molecule has 0 fully saturated rings. The summed E-state index contributed by atoms with van der Waals surface area (Å²) in [7, 11) is 1.58. The van der Waals surface area contributed by atoms with Gasteiger partial charge in [0.15, 0.2) is 17.8 Å². The predicted molar refractivity (Wildman–Crippen MR) is 107 cm³/mol. The van der Waals surface area contributed by atoms with E-state index in [2.05, 4.69) is 15.0 Å². The molecule has 28 heavy (non-hydrogen) atoms. The number of pyridine rings is 2. The summed E-state index contributed by atoms with van der Waals surface area (Å²) >= 11 is 5.90. The minimum Gasteiger partial charge on any atom is -0.493 e. The van der Waals surface area contributed by atoms with Gasteiger partial charge in [0, 0.05) is 28.2 Å². The molecule has 1 N–H and O–H groups in total. The number of hydrogen-bond acceptors (Lipinski definition) is 5. The number of rotatable bonds is 6. The smallest absolute Gasteiger partial charge is 0.179 e. The number of carbonyl (C=O) groups excluding carboxylic acids is 1. The van der Waals surface area contributed by atoms with Crippen LogP contribution in [0.25, 0.3) is 22.4 Å². The van der Waals surface area contributed by atoms with Crippen molar-refractivity contribution in [2.45, 2.75) is 6.61 Å². The first-order valence-corrected chi connectivity index (χ1v) is 8.90. The van der Waals surface area contributed by atoms with E-state index in [1.807, 2.05) is 36.4 Å². The normalized spacial score (nSPS) is 10.8. The lowest BCUT2D eigenvalue weighted by atomic mass is 10.2. The quantitative estimate of drug-likeness (QED) is 0.481. The molecule has 0 spiro atoms. The highest BCUT2D eigenvalue weighted by atomic mass is 35.5. The van der Waals surface area contributed by atoms with E-state index in [1.165, 1.54) is 0 Å². The molecule has 0 amide bonds. The zero-order valence-electron chi connectivity index (χ0n) is 15.0. The van der Waals surface area contributed by atoms with Crippen LogP contribution in [-0.2, 0) is 6.61 Å². The Balaban J connectivity index is 1.59. The van der Waals surface area contributed by atoms with Crippen LogP contribution in [0.1, 0.15) is 15.9 Å². The van der Waals surface area contributed by atoms with E-state index < -0.39 is 0 Å². The van der Waals surface area contributed by atoms with Crippen LogP contribution in [0.4, 0.5) is 0 Å². The minimum absolute atomic E-state index is 0.371. The van der Waals surface area contributed by atoms with Crippen molar-refractivity contribution < 1.29 is 14.3 Å². The number of methoxy groups -OCH3 is 1. The summed E-state index contributed by atoms with van der Waals surface area (Å²) < 4.78 is 11.3. The Morgan fingerprint density at radius 2 is 1.93 bits per heavy atom. The number of fused-ring (bicyclic) bond motifs is 1. The molecule has 0 saturated carbocycles. The van der Waals surface area contributed by atoms with E-state index in [9.17, 15) is 4.79 Å². The summed E-state index contributed by atoms with van der Waals surface area (Å²) in [5.74, 6) is 1.09. The molecule has 3 aromatic heterocycles. The van der Waals surface area contributed by atoms with Crippen LogP contribution in [0.3, 0.4) is 0 Å². The van der Waals surface area contributed by atoms with Crippen LogP contribution in [0.15, 0.2) is 54.9 Å². The maximum Gasteiger partial charge on any atom is 0.179 e. The summed E-state index contributed by atoms with van der Waals surface area (Å²) in [6.07, 6.45) is 4.05. The third-order valence-corrected chi connectivity index (χ3v) is 4.57. The van der Waals surface area contributed by atoms with Crippen molar-refractivity contribution in [1.82, 2.24) is 15.0 Å². The SMILES string of the molecule is COc1cc(-c2ccc3c(C=O)c[nH]c3n2)ncc1OCc1ccc(Cl)cc1. The van der Waals surface area contributed by atoms with Crippen molar-refractivity contribution in [2.75, 3.05) is 7.11 Å². The standard InChI is InChI=1S/C21H16ClN3O3/c1-27-19-8-18(17-7-6-16-14(11-26)9-24-21(16)25-17)23-10-20(19)28-12-13-2-4-15(22)5-3-13/h2-11H,12H2,1H3,(H,24,25). The van der Waals surface area contributed by atoms with Crippen LogP contribution in [0, 0.1) is 0 Å². The van der Waals surface area contributed by atoms with Crippen LogP contribution in [0.2, 0.25) is 5.02 Å². The molecule has 0 aliphatic carbocycles. The fourth-order valence-electron chi connectivity index (χ4n) is 2.84. The van der Waals surface area contributed by atoms with Gasteiger partial charge in [0.25, 0.3) is 0 Å². The number of nitrogens with one attached hydrogen (secondary N) is 1. The Bertz CT molecular complexity index is 1140. The van der Waals surface area contributed by atoms with Crippen LogP contribution >= 0.6 is 11.6 Å². The van der Waals surface area contributed by atoms with Crippen LogP contribution in [0.5, 0.6) is 11.5 Å². The Morgan fingerprint density at radius 3 is 2.68 bits per heavy atom. The van der Waals surface area contributed by atoms with Gasteiger partial charge in [-0.1, -0.05) is 23.7 Å². The average molecular weight is 394 g/mol. The molecule has 140 valence electrons. The molecular weight excluding hydrogens is 378 g/mol. The van der Waals surface area contributed by atoms with Gasteiger partial charge in [-0.2, -0.15) is 0 Å². The van der Waals surface area contributed by atoms with Gasteiger partial charge in [-0.15, -0.1) is 0 Å². The number of nitrogens with zero attached hydrogens (tertiary/aromatic N) is 2. The number of halogens is 1. The number of benzene rings is 1. The molecule has 0 saturated heterocycles. The van der Waals surface area contributed by atoms with E-state index in [0.717, 1.165) is 17.2 Å². The molecule has 0 atom stereocenters. The monoisotopic (exact) mass is 393 g/mol. The number of hydrogen-bond donors (Lipinski definition) is 1. The summed E-state index contributed by atoms with van der Waals surface area (Å²) in [6, 6.07) is 12.9. The lowest BCUT2D eigenvalue weighted by Crippen LogP contribution is -1.99. The van der Waals surface area contributed by atoms with Gasteiger partial charge in [-0.3, -0.25) is 9.78 Å². The highest BCUT2D eigenvalue weighted by Gasteiger charge is 2.12. The molecule has 3 heterocycles. The third-order valence-electron chi connectivity index (χ3n) is 4.32. The topological polar surface area (TPSA) is 77.1 Å². The fourth-order valence-corrected chi connectivity index (χ4v) is 2.97. The summed E-state index contributed by atoms with van der Waals surface area (Å²) in [4.78, 5) is 23.0. The molecule has 0 unspecified atom stereocenters. The number of H-pyrrole nitrogens is 1. The average Bonchev–Trinajstić information content (AvgIpc) is 3.15. The van der Waals surface area contributed by atoms with Crippen molar-refractivity contribution in [3.63, 3.8) is 0 Å². The number of carbonyl (C=O) groups is 1. The molecular formula is C21H16ClN3O3. The van der Waals surface area contributed by atoms with Gasteiger partial charge >= 0.3 is 0 Å². The summed E-state index contributed by atoms with van der Waals surface area (Å²) in [5, 5.41) is 1.45. The molecule has 0 bridgehead atoms. The molecule has 0 aliphatic rings. The molecule has 7 heteroatoms. The van der Waals surface area contributed by atoms with Gasteiger partial charge in [0.05, 0.1) is 24.7 Å². The largest absolute Gasteiger partial charge is 0.493 e. The first-order chi connectivity index (χ1) is 13.7. The fraction of sp³-hybridized carbons (Fsp3) is 0.0952. The number of ether oxygens (including phenoxy) is 2. The molecule has 0 aliphatic heterocycles. The number of aromatic amines is 1. The maximum atomic E-state index is 11.0. The Kier molecular flexibility index (Phi) is 4.95. The first kappa shape index (κ1) is 18.0. The Labute approximate surface area is 166 Å². The second kappa shape index (κ2) is 7.70. The number of aldehydes is 1. The van der Waals surface area contributed by atoms with Crippen molar-refractivity contribution in [1.29, 1.82) is 0 Å². The van der Waals surface area contributed by atoms with Gasteiger partial charge in [0.2, 0.25) is 0 Å². The maximum absolute atomic E-state index is 11.0. The second-order valence-electron chi connectivity index (χ2n) is 6.09. The predicted octanol–water partition coefficient (Wildman–Crippen LogP) is 4.68. The summed E-state index contributed by atoms with van der Waals surface area (Å²) in [6.45, 7) is 0.371. The van der Waals surface area contributed by atoms with Crippen molar-refractivity contribution in [3.05, 3.63) is 71.0 Å². The number of aromatic nitrogens is 3. The van der Waals surface area contributed by atoms with E-state index >= 15 is 0 Å². The highest BCUT2D eigenvalue weighted by molar-refractivity contribution is 6.30. The van der Waals surface area contributed by atoms with E-state index in [4.69, 9.17) is 21.1 Å². The van der Waals surface area contributed by atoms with Crippen LogP contribution in [-0.4, -0.2) is 28.3 Å². The molecule has 6 nitrogen and oxygen atoms in total. The van der Waals surface area contributed by atoms with E-state index in [-0.39, 0.29) is 0 Å². The van der Waals surface area contributed by atoms with E-state index in [1.54, 1.807) is 25.6 Å².